The molecular weight excluding hydrogens is 271 g/mol. The topological polar surface area (TPSA) is 40.6 Å². The number of amides is 1. The molecule has 0 saturated carbocycles. The second-order valence-corrected chi connectivity index (χ2v) is 5.76. The normalized spacial score (nSPS) is 22.4. The molecule has 2 saturated heterocycles. The van der Waals surface area contributed by atoms with Crippen LogP contribution in [0.2, 0.25) is 0 Å². The van der Waals surface area contributed by atoms with Crippen LogP contribution >= 0.6 is 0 Å². The molecule has 0 aromatic heterocycles. The minimum atomic E-state index is -0.325. The van der Waals surface area contributed by atoms with Gasteiger partial charge in [0.15, 0.2) is 5.78 Å². The Bertz CT molecular complexity index is 544. The fourth-order valence-electron chi connectivity index (χ4n) is 3.17. The molecule has 21 heavy (non-hydrogen) atoms. The Hall–Kier alpha value is -1.75. The fourth-order valence-corrected chi connectivity index (χ4v) is 3.17. The van der Waals surface area contributed by atoms with Gasteiger partial charge in [-0.05, 0) is 30.7 Å². The Labute approximate surface area is 123 Å². The summed E-state index contributed by atoms with van der Waals surface area (Å²) in [5.41, 5.74) is 0.561. The molecule has 0 radical (unpaired) electrons. The van der Waals surface area contributed by atoms with Crippen LogP contribution in [0.3, 0.4) is 0 Å². The van der Waals surface area contributed by atoms with E-state index in [2.05, 4.69) is 4.90 Å². The lowest BCUT2D eigenvalue weighted by molar-refractivity contribution is -0.130. The van der Waals surface area contributed by atoms with Gasteiger partial charge in [-0.2, -0.15) is 0 Å². The van der Waals surface area contributed by atoms with E-state index in [1.165, 1.54) is 24.3 Å². The Kier molecular flexibility index (Phi) is 4.01. The third-order valence-corrected chi connectivity index (χ3v) is 4.40. The molecule has 112 valence electrons. The molecule has 0 aliphatic carbocycles. The first-order valence-electron chi connectivity index (χ1n) is 7.44. The molecule has 3 rings (SSSR count). The Morgan fingerprint density at radius 2 is 2.00 bits per heavy atom. The molecule has 2 fully saturated rings. The third kappa shape index (κ3) is 3.13. The molecule has 1 aromatic rings. The van der Waals surface area contributed by atoms with Gasteiger partial charge in [0.05, 0.1) is 0 Å². The molecule has 1 atom stereocenters. The van der Waals surface area contributed by atoms with Crippen molar-refractivity contribution in [3.63, 3.8) is 0 Å². The number of nitrogens with zero attached hydrogens (tertiary/aromatic N) is 2. The van der Waals surface area contributed by atoms with Crippen LogP contribution in [-0.4, -0.2) is 53.7 Å². The molecule has 0 N–H and O–H groups in total. The van der Waals surface area contributed by atoms with E-state index in [4.69, 9.17) is 0 Å². The molecule has 0 bridgehead atoms. The van der Waals surface area contributed by atoms with Crippen molar-refractivity contribution in [2.45, 2.75) is 25.3 Å². The number of carbonyl (C=O) groups excluding carboxylic acids is 2. The number of hydrogen-bond donors (Lipinski definition) is 0. The van der Waals surface area contributed by atoms with Crippen LogP contribution in [-0.2, 0) is 4.79 Å². The summed E-state index contributed by atoms with van der Waals surface area (Å²) in [6, 6.07) is 6.02. The van der Waals surface area contributed by atoms with Crippen molar-refractivity contribution < 1.29 is 14.0 Å². The van der Waals surface area contributed by atoms with Gasteiger partial charge in [0, 0.05) is 50.6 Å². The standard InChI is InChI=1S/C16H19FN2O2/c17-13-3-1-12(2-4-13)15(20)7-8-18-9-10-19-14(11-18)5-6-16(19)21/h1-4,14H,5-11H2. The zero-order valence-electron chi connectivity index (χ0n) is 11.9. The lowest BCUT2D eigenvalue weighted by Crippen LogP contribution is -2.51. The average Bonchev–Trinajstić information content (AvgIpc) is 2.86. The van der Waals surface area contributed by atoms with Crippen LogP contribution in [0.25, 0.3) is 0 Å². The quantitative estimate of drug-likeness (QED) is 0.793. The van der Waals surface area contributed by atoms with Gasteiger partial charge in [-0.3, -0.25) is 14.5 Å². The molecule has 4 nitrogen and oxygen atoms in total. The van der Waals surface area contributed by atoms with Crippen LogP contribution in [0.15, 0.2) is 24.3 Å². The number of piperazine rings is 1. The van der Waals surface area contributed by atoms with Crippen molar-refractivity contribution in [2.24, 2.45) is 0 Å². The van der Waals surface area contributed by atoms with Gasteiger partial charge in [0.25, 0.3) is 0 Å². The molecule has 1 amide bonds. The highest BCUT2D eigenvalue weighted by molar-refractivity contribution is 5.96. The Morgan fingerprint density at radius 3 is 2.76 bits per heavy atom. The Balaban J connectivity index is 1.50. The molecule has 0 spiro atoms. The molecule has 1 unspecified atom stereocenters. The van der Waals surface area contributed by atoms with Gasteiger partial charge in [-0.1, -0.05) is 0 Å². The summed E-state index contributed by atoms with van der Waals surface area (Å²) in [6.07, 6.45) is 2.03. The third-order valence-electron chi connectivity index (χ3n) is 4.40. The van der Waals surface area contributed by atoms with Gasteiger partial charge in [-0.25, -0.2) is 4.39 Å². The van der Waals surface area contributed by atoms with E-state index in [1.807, 2.05) is 4.90 Å². The second-order valence-electron chi connectivity index (χ2n) is 5.76. The summed E-state index contributed by atoms with van der Waals surface area (Å²) in [7, 11) is 0. The lowest BCUT2D eigenvalue weighted by atomic mass is 10.1. The van der Waals surface area contributed by atoms with E-state index in [0.717, 1.165) is 26.1 Å². The zero-order valence-corrected chi connectivity index (χ0v) is 11.9. The van der Waals surface area contributed by atoms with Crippen LogP contribution in [0.4, 0.5) is 4.39 Å². The van der Waals surface area contributed by atoms with Gasteiger partial charge in [0.1, 0.15) is 5.82 Å². The first kappa shape index (κ1) is 14.2. The molecule has 2 aliphatic heterocycles. The van der Waals surface area contributed by atoms with E-state index in [1.54, 1.807) is 0 Å². The number of rotatable bonds is 4. The smallest absolute Gasteiger partial charge is 0.222 e. The molecular formula is C16H19FN2O2. The highest BCUT2D eigenvalue weighted by Gasteiger charge is 2.35. The molecule has 2 heterocycles. The lowest BCUT2D eigenvalue weighted by Gasteiger charge is -2.37. The van der Waals surface area contributed by atoms with E-state index in [-0.39, 0.29) is 17.5 Å². The van der Waals surface area contributed by atoms with Crippen molar-refractivity contribution in [1.29, 1.82) is 0 Å². The number of Topliss-reactive ketones (excluding diaryl/α,β-unsaturated/α-hetero) is 1. The number of ketones is 1. The predicted molar refractivity (Wildman–Crippen MR) is 76.5 cm³/mol. The summed E-state index contributed by atoms with van der Waals surface area (Å²) >= 11 is 0. The average molecular weight is 290 g/mol. The minimum Gasteiger partial charge on any atom is -0.337 e. The second kappa shape index (κ2) is 5.93. The number of carbonyl (C=O) groups is 2. The predicted octanol–water partition coefficient (Wildman–Crippen LogP) is 1.71. The van der Waals surface area contributed by atoms with E-state index in [9.17, 15) is 14.0 Å². The number of fused-ring (bicyclic) bond motifs is 1. The first-order valence-corrected chi connectivity index (χ1v) is 7.44. The number of hydrogen-bond acceptors (Lipinski definition) is 3. The summed E-state index contributed by atoms with van der Waals surface area (Å²) in [4.78, 5) is 27.9. The number of benzene rings is 1. The zero-order chi connectivity index (χ0) is 14.8. The van der Waals surface area contributed by atoms with E-state index < -0.39 is 0 Å². The van der Waals surface area contributed by atoms with Gasteiger partial charge >= 0.3 is 0 Å². The van der Waals surface area contributed by atoms with Crippen molar-refractivity contribution in [3.05, 3.63) is 35.6 Å². The summed E-state index contributed by atoms with van der Waals surface area (Å²) < 4.78 is 12.8. The first-order chi connectivity index (χ1) is 10.1. The van der Waals surface area contributed by atoms with Crippen LogP contribution in [0.5, 0.6) is 0 Å². The maximum atomic E-state index is 12.8. The van der Waals surface area contributed by atoms with Crippen LogP contribution in [0.1, 0.15) is 29.6 Å². The monoisotopic (exact) mass is 290 g/mol. The summed E-state index contributed by atoms with van der Waals surface area (Å²) in [6.45, 7) is 3.17. The van der Waals surface area contributed by atoms with Gasteiger partial charge in [0.2, 0.25) is 5.91 Å². The largest absolute Gasteiger partial charge is 0.337 e. The molecule has 2 aliphatic rings. The SMILES string of the molecule is O=C(CCN1CCN2C(=O)CCC2C1)c1ccc(F)cc1. The maximum absolute atomic E-state index is 12.8. The number of halogens is 1. The van der Waals surface area contributed by atoms with Gasteiger partial charge in [-0.15, -0.1) is 0 Å². The van der Waals surface area contributed by atoms with Crippen molar-refractivity contribution in [2.75, 3.05) is 26.2 Å². The van der Waals surface area contributed by atoms with E-state index >= 15 is 0 Å². The van der Waals surface area contributed by atoms with Gasteiger partial charge < -0.3 is 4.90 Å². The summed E-state index contributed by atoms with van der Waals surface area (Å²) in [5.74, 6) is -0.0180. The van der Waals surface area contributed by atoms with Crippen LogP contribution in [0, 0.1) is 5.82 Å². The molecule has 5 heteroatoms. The highest BCUT2D eigenvalue weighted by atomic mass is 19.1. The Morgan fingerprint density at radius 1 is 1.24 bits per heavy atom. The highest BCUT2D eigenvalue weighted by Crippen LogP contribution is 2.22. The van der Waals surface area contributed by atoms with Crippen molar-refractivity contribution in [1.82, 2.24) is 9.80 Å². The van der Waals surface area contributed by atoms with Crippen molar-refractivity contribution >= 4 is 11.7 Å². The maximum Gasteiger partial charge on any atom is 0.222 e. The van der Waals surface area contributed by atoms with Crippen molar-refractivity contribution in [3.8, 4) is 0 Å². The van der Waals surface area contributed by atoms with E-state index in [0.29, 0.717) is 31.0 Å². The minimum absolute atomic E-state index is 0.0416. The molecule has 1 aromatic carbocycles. The summed E-state index contributed by atoms with van der Waals surface area (Å²) in [5, 5.41) is 0. The fraction of sp³-hybridized carbons (Fsp3) is 0.500. The van der Waals surface area contributed by atoms with Crippen LogP contribution < -0.4 is 0 Å².